The summed E-state index contributed by atoms with van der Waals surface area (Å²) < 4.78 is 0. The number of piperidine rings is 1. The van der Waals surface area contributed by atoms with Gasteiger partial charge in [-0.3, -0.25) is 9.80 Å². The molecule has 3 N–H and O–H groups in total. The van der Waals surface area contributed by atoms with Crippen LogP contribution < -0.4 is 20.6 Å². The molecule has 2 aliphatic rings. The predicted octanol–water partition coefficient (Wildman–Crippen LogP) is 2.43. The Morgan fingerprint density at radius 3 is 2.22 bits per heavy atom. The number of hydrazone groups is 1. The lowest BCUT2D eigenvalue weighted by atomic mass is 10.0. The smallest absolute Gasteiger partial charge is 0.328 e. The Labute approximate surface area is 228 Å². The van der Waals surface area contributed by atoms with Crippen LogP contribution in [-0.2, 0) is 14.4 Å². The van der Waals surface area contributed by atoms with E-state index in [2.05, 4.69) is 10.5 Å². The fraction of sp³-hybridized carbons (Fsp3) is 0.280. The average molecular weight is 568 g/mol. The van der Waals surface area contributed by atoms with E-state index in [4.69, 9.17) is 39.9 Å². The number of benzene rings is 2. The number of nitrogens with one attached hydrogen (secondary N) is 2. The molecule has 0 bridgehead atoms. The van der Waals surface area contributed by atoms with Gasteiger partial charge in [0.1, 0.15) is 5.71 Å². The van der Waals surface area contributed by atoms with Crippen LogP contribution in [0.4, 0.5) is 5.69 Å². The number of carbonyl (C=O) groups is 3. The minimum Gasteiger partial charge on any atom is -0.545 e. The van der Waals surface area contributed by atoms with Gasteiger partial charge in [0.15, 0.2) is 0 Å². The molecule has 2 aromatic carbocycles. The Hall–Kier alpha value is -3.11. The van der Waals surface area contributed by atoms with Crippen molar-refractivity contribution in [3.05, 3.63) is 75.2 Å². The molecule has 2 aliphatic heterocycles. The molecular weight excluding hydrogens is 543 g/mol. The topological polar surface area (TPSA) is 127 Å². The number of hydrogen-bond acceptors (Lipinski definition) is 6. The van der Waals surface area contributed by atoms with Gasteiger partial charge in [-0.1, -0.05) is 46.9 Å². The highest BCUT2D eigenvalue weighted by Crippen LogP contribution is 2.39. The molecular formula is C25H25Cl3N4O5. The van der Waals surface area contributed by atoms with Gasteiger partial charge < -0.3 is 15.0 Å². The molecule has 1 saturated heterocycles. The molecule has 1 fully saturated rings. The zero-order valence-electron chi connectivity index (χ0n) is 19.6. The van der Waals surface area contributed by atoms with E-state index in [0.29, 0.717) is 45.0 Å². The molecule has 0 spiro atoms. The number of nitrogens with zero attached hydrogens (tertiary/aromatic N) is 2. The van der Waals surface area contributed by atoms with Crippen molar-refractivity contribution in [1.29, 1.82) is 0 Å². The molecule has 0 unspecified atom stereocenters. The maximum atomic E-state index is 12.9. The number of rotatable bonds is 6. The largest absolute Gasteiger partial charge is 0.545 e. The number of carbonyl (C=O) groups excluding carboxylic acids is 2. The van der Waals surface area contributed by atoms with E-state index in [9.17, 15) is 19.5 Å². The summed E-state index contributed by atoms with van der Waals surface area (Å²) in [6, 6.07) is 12.7. The summed E-state index contributed by atoms with van der Waals surface area (Å²) >= 11 is 18.6. The zero-order chi connectivity index (χ0) is 26.9. The number of carboxylic acid groups (broad SMARTS) is 2. The van der Waals surface area contributed by atoms with E-state index in [1.807, 2.05) is 35.3 Å². The van der Waals surface area contributed by atoms with Gasteiger partial charge in [-0.2, -0.15) is 10.5 Å². The fourth-order valence-corrected chi connectivity index (χ4v) is 4.58. The molecule has 0 aromatic heterocycles. The van der Waals surface area contributed by atoms with Crippen molar-refractivity contribution < 1.29 is 29.6 Å². The molecule has 2 aromatic rings. The lowest BCUT2D eigenvalue weighted by Crippen LogP contribution is -3.20. The first-order valence-corrected chi connectivity index (χ1v) is 12.6. The van der Waals surface area contributed by atoms with Gasteiger partial charge >= 0.3 is 11.9 Å². The van der Waals surface area contributed by atoms with E-state index in [-0.39, 0.29) is 11.9 Å². The van der Waals surface area contributed by atoms with Crippen LogP contribution in [0.3, 0.4) is 0 Å². The number of aliphatic carboxylic acids is 2. The summed E-state index contributed by atoms with van der Waals surface area (Å²) in [7, 11) is 0. The SMILES string of the molecule is O=C(N[NH+]1CCCCC1)C1=NN(c2ccc(Cl)cc2Cl)[C@@H](c2ccc(Cl)cc2)C1.O=C([O-])C=CC(=O)O. The van der Waals surface area contributed by atoms with E-state index in [1.54, 1.807) is 12.1 Å². The Kier molecular flexibility index (Phi) is 10.3. The monoisotopic (exact) mass is 566 g/mol. The van der Waals surface area contributed by atoms with Crippen LogP contribution in [0.15, 0.2) is 59.7 Å². The molecule has 12 heteroatoms. The van der Waals surface area contributed by atoms with Gasteiger partial charge in [0, 0.05) is 22.5 Å². The van der Waals surface area contributed by atoms with Gasteiger partial charge in [0.25, 0.3) is 0 Å². The highest BCUT2D eigenvalue weighted by molar-refractivity contribution is 6.40. The summed E-state index contributed by atoms with van der Waals surface area (Å²) in [4.78, 5) is 31.9. The molecule has 9 nitrogen and oxygen atoms in total. The van der Waals surface area contributed by atoms with E-state index in [0.717, 1.165) is 36.5 Å². The van der Waals surface area contributed by atoms with Crippen molar-refractivity contribution in [2.75, 3.05) is 18.1 Å². The second kappa shape index (κ2) is 13.4. The molecule has 196 valence electrons. The standard InChI is InChI=1S/C21H21Cl3N4O.C4H4O4/c22-15-6-4-14(5-7-15)20-13-18(21(29)26-27-10-2-1-3-11-27)25-28(20)19-9-8-16(23)12-17(19)24;5-3(6)1-2-4(7)8/h4-9,12,20H,1-3,10-11,13H2,(H,26,29);1-2H,(H,5,6)(H,7,8)/t20-;/m1./s1. The van der Waals surface area contributed by atoms with E-state index < -0.39 is 11.9 Å². The number of halogens is 3. The number of quaternary nitrogens is 1. The molecule has 2 heterocycles. The van der Waals surface area contributed by atoms with Crippen LogP contribution in [-0.4, -0.2) is 41.8 Å². The molecule has 0 aliphatic carbocycles. The summed E-state index contributed by atoms with van der Waals surface area (Å²) in [5.41, 5.74) is 5.30. The van der Waals surface area contributed by atoms with Crippen LogP contribution in [0.5, 0.6) is 0 Å². The van der Waals surface area contributed by atoms with E-state index in [1.165, 1.54) is 6.42 Å². The Balaban J connectivity index is 0.000000414. The maximum Gasteiger partial charge on any atom is 0.328 e. The summed E-state index contributed by atoms with van der Waals surface area (Å²) in [5.74, 6) is -2.94. The summed E-state index contributed by atoms with van der Waals surface area (Å²) in [5, 5.41) is 26.5. The molecule has 0 saturated carbocycles. The maximum absolute atomic E-state index is 12.9. The molecule has 0 radical (unpaired) electrons. The average Bonchev–Trinajstić information content (AvgIpc) is 3.29. The number of anilines is 1. The predicted molar refractivity (Wildman–Crippen MR) is 140 cm³/mol. The van der Waals surface area contributed by atoms with Crippen LogP contribution in [0.25, 0.3) is 0 Å². The first-order chi connectivity index (χ1) is 17.6. The zero-order valence-corrected chi connectivity index (χ0v) is 21.9. The van der Waals surface area contributed by atoms with Crippen molar-refractivity contribution in [2.24, 2.45) is 5.10 Å². The molecule has 37 heavy (non-hydrogen) atoms. The normalized spacial score (nSPS) is 17.6. The number of carboxylic acids is 2. The Morgan fingerprint density at radius 2 is 1.65 bits per heavy atom. The first-order valence-electron chi connectivity index (χ1n) is 11.5. The second-order valence-electron chi connectivity index (χ2n) is 8.37. The van der Waals surface area contributed by atoms with Crippen LogP contribution >= 0.6 is 34.8 Å². The van der Waals surface area contributed by atoms with Crippen LogP contribution in [0.1, 0.15) is 37.3 Å². The minimum atomic E-state index is -1.51. The van der Waals surface area contributed by atoms with Crippen LogP contribution in [0.2, 0.25) is 15.1 Å². The summed E-state index contributed by atoms with van der Waals surface area (Å²) in [6.45, 7) is 1.90. The third kappa shape index (κ3) is 8.46. The molecule has 1 amide bonds. The van der Waals surface area contributed by atoms with Crippen LogP contribution in [0, 0.1) is 0 Å². The lowest BCUT2D eigenvalue weighted by Gasteiger charge is -2.25. The van der Waals surface area contributed by atoms with Crippen molar-refractivity contribution in [3.8, 4) is 0 Å². The Morgan fingerprint density at radius 1 is 1.00 bits per heavy atom. The van der Waals surface area contributed by atoms with Gasteiger partial charge in [0.2, 0.25) is 0 Å². The summed E-state index contributed by atoms with van der Waals surface area (Å²) in [6.07, 6.45) is 4.91. The third-order valence-electron chi connectivity index (χ3n) is 5.69. The lowest BCUT2D eigenvalue weighted by molar-refractivity contribution is -0.940. The van der Waals surface area contributed by atoms with Gasteiger partial charge in [-0.15, -0.1) is 0 Å². The second-order valence-corrected chi connectivity index (χ2v) is 9.65. The van der Waals surface area contributed by atoms with Crippen molar-refractivity contribution in [1.82, 2.24) is 5.43 Å². The van der Waals surface area contributed by atoms with Crippen molar-refractivity contribution in [2.45, 2.75) is 31.7 Å². The number of hydrogen-bond donors (Lipinski definition) is 3. The fourth-order valence-electron chi connectivity index (χ4n) is 3.96. The molecule has 1 atom stereocenters. The van der Waals surface area contributed by atoms with Gasteiger partial charge in [0.05, 0.1) is 35.8 Å². The number of amides is 1. The first kappa shape index (κ1) is 28.5. The van der Waals surface area contributed by atoms with Crippen molar-refractivity contribution in [3.63, 3.8) is 0 Å². The van der Waals surface area contributed by atoms with E-state index >= 15 is 0 Å². The minimum absolute atomic E-state index is 0.131. The Bertz CT molecular complexity index is 1180. The highest BCUT2D eigenvalue weighted by Gasteiger charge is 2.34. The molecule has 4 rings (SSSR count). The van der Waals surface area contributed by atoms with Gasteiger partial charge in [-0.25, -0.2) is 9.80 Å². The third-order valence-corrected chi connectivity index (χ3v) is 6.48. The highest BCUT2D eigenvalue weighted by atomic mass is 35.5. The van der Waals surface area contributed by atoms with Gasteiger partial charge in [-0.05, 0) is 61.2 Å². The quantitative estimate of drug-likeness (QED) is 0.460. The van der Waals surface area contributed by atoms with Crippen molar-refractivity contribution >= 4 is 64.0 Å².